The number of nitrogens with zero attached hydrogens (tertiary/aromatic N) is 3. The van der Waals surface area contributed by atoms with E-state index in [1.807, 2.05) is 18.2 Å². The van der Waals surface area contributed by atoms with Crippen molar-refractivity contribution in [2.24, 2.45) is 5.41 Å². The largest absolute Gasteiger partial charge is 0.393 e. The van der Waals surface area contributed by atoms with Crippen LogP contribution in [0, 0.1) is 5.41 Å². The summed E-state index contributed by atoms with van der Waals surface area (Å²) in [6, 6.07) is 10.1. The van der Waals surface area contributed by atoms with Crippen LogP contribution in [0.5, 0.6) is 0 Å². The van der Waals surface area contributed by atoms with Crippen molar-refractivity contribution in [3.8, 4) is 10.6 Å². The fourth-order valence-corrected chi connectivity index (χ4v) is 3.78. The molecule has 0 aliphatic carbocycles. The SMILES string of the molecule is CC1(C)C[C@@H](O)CCN(c2nnc(-c3ccccc3)s2)C1. The summed E-state index contributed by atoms with van der Waals surface area (Å²) in [4.78, 5) is 2.26. The van der Waals surface area contributed by atoms with Gasteiger partial charge < -0.3 is 10.0 Å². The van der Waals surface area contributed by atoms with Gasteiger partial charge in [0.05, 0.1) is 6.10 Å². The number of hydrogen-bond acceptors (Lipinski definition) is 5. The van der Waals surface area contributed by atoms with Gasteiger partial charge in [-0.15, -0.1) is 10.2 Å². The maximum Gasteiger partial charge on any atom is 0.208 e. The smallest absolute Gasteiger partial charge is 0.208 e. The van der Waals surface area contributed by atoms with Crippen molar-refractivity contribution in [3.05, 3.63) is 30.3 Å². The summed E-state index contributed by atoms with van der Waals surface area (Å²) in [6.07, 6.45) is 1.42. The van der Waals surface area contributed by atoms with Crippen molar-refractivity contribution in [2.75, 3.05) is 18.0 Å². The Morgan fingerprint density at radius 2 is 2.00 bits per heavy atom. The number of hydrogen-bond donors (Lipinski definition) is 1. The molecule has 0 unspecified atom stereocenters. The first-order chi connectivity index (χ1) is 10.0. The Bertz CT molecular complexity index is 597. The van der Waals surface area contributed by atoms with Crippen LogP contribution in [0.15, 0.2) is 30.3 Å². The van der Waals surface area contributed by atoms with E-state index in [1.165, 1.54) is 0 Å². The zero-order chi connectivity index (χ0) is 14.9. The maximum absolute atomic E-state index is 10.0. The summed E-state index contributed by atoms with van der Waals surface area (Å²) in [7, 11) is 0. The van der Waals surface area contributed by atoms with E-state index in [0.29, 0.717) is 0 Å². The van der Waals surface area contributed by atoms with Crippen LogP contribution in [0.1, 0.15) is 26.7 Å². The topological polar surface area (TPSA) is 49.2 Å². The number of anilines is 1. The summed E-state index contributed by atoms with van der Waals surface area (Å²) in [6.45, 7) is 6.16. The van der Waals surface area contributed by atoms with E-state index < -0.39 is 0 Å². The maximum atomic E-state index is 10.0. The highest BCUT2D eigenvalue weighted by Gasteiger charge is 2.30. The van der Waals surface area contributed by atoms with Gasteiger partial charge in [-0.05, 0) is 18.3 Å². The van der Waals surface area contributed by atoms with Crippen LogP contribution < -0.4 is 4.90 Å². The van der Waals surface area contributed by atoms with E-state index in [2.05, 4.69) is 41.1 Å². The molecule has 2 aromatic rings. The number of rotatable bonds is 2. The zero-order valence-corrected chi connectivity index (χ0v) is 13.3. The first-order valence-corrected chi connectivity index (χ1v) is 8.17. The van der Waals surface area contributed by atoms with Gasteiger partial charge in [0.2, 0.25) is 5.13 Å². The normalized spacial score (nSPS) is 22.0. The lowest BCUT2D eigenvalue weighted by atomic mass is 9.87. The summed E-state index contributed by atoms with van der Waals surface area (Å²) < 4.78 is 0. The molecule has 1 saturated heterocycles. The second-order valence-corrected chi connectivity index (χ2v) is 7.44. The summed E-state index contributed by atoms with van der Waals surface area (Å²) in [5.41, 5.74) is 1.20. The minimum absolute atomic E-state index is 0.0918. The molecule has 3 rings (SSSR count). The minimum Gasteiger partial charge on any atom is -0.393 e. The number of aliphatic hydroxyl groups excluding tert-OH is 1. The van der Waals surface area contributed by atoms with Gasteiger partial charge >= 0.3 is 0 Å². The van der Waals surface area contributed by atoms with Crippen LogP contribution in [0.2, 0.25) is 0 Å². The Morgan fingerprint density at radius 3 is 2.76 bits per heavy atom. The summed E-state index contributed by atoms with van der Waals surface area (Å²) >= 11 is 1.63. The Morgan fingerprint density at radius 1 is 1.24 bits per heavy atom. The van der Waals surface area contributed by atoms with Crippen LogP contribution in [0.25, 0.3) is 10.6 Å². The number of aromatic nitrogens is 2. The fourth-order valence-electron chi connectivity index (χ4n) is 2.91. The van der Waals surface area contributed by atoms with Crippen LogP contribution >= 0.6 is 11.3 Å². The van der Waals surface area contributed by atoms with E-state index >= 15 is 0 Å². The van der Waals surface area contributed by atoms with Crippen LogP contribution in [0.3, 0.4) is 0 Å². The Labute approximate surface area is 129 Å². The molecule has 1 aromatic carbocycles. The third-order valence-corrected chi connectivity index (χ3v) is 4.88. The van der Waals surface area contributed by atoms with E-state index in [1.54, 1.807) is 11.3 Å². The first-order valence-electron chi connectivity index (χ1n) is 7.35. The van der Waals surface area contributed by atoms with Crippen molar-refractivity contribution < 1.29 is 5.11 Å². The average Bonchev–Trinajstić information content (AvgIpc) is 2.88. The molecule has 0 bridgehead atoms. The van der Waals surface area contributed by atoms with Gasteiger partial charge in [0.25, 0.3) is 0 Å². The first kappa shape index (κ1) is 14.5. The average molecular weight is 303 g/mol. The fraction of sp³-hybridized carbons (Fsp3) is 0.500. The van der Waals surface area contributed by atoms with E-state index in [0.717, 1.165) is 41.6 Å². The molecule has 0 spiro atoms. The van der Waals surface area contributed by atoms with Gasteiger partial charge in [-0.3, -0.25) is 0 Å². The molecule has 1 aromatic heterocycles. The summed E-state index contributed by atoms with van der Waals surface area (Å²) in [5.74, 6) is 0. The monoisotopic (exact) mass is 303 g/mol. The number of aliphatic hydroxyl groups is 1. The van der Waals surface area contributed by atoms with Crippen molar-refractivity contribution in [2.45, 2.75) is 32.8 Å². The quantitative estimate of drug-likeness (QED) is 0.925. The van der Waals surface area contributed by atoms with Gasteiger partial charge in [0.1, 0.15) is 5.01 Å². The standard InChI is InChI=1S/C16H21N3OS/c1-16(2)10-13(20)8-9-19(11-16)15-18-17-14(21-15)12-6-4-3-5-7-12/h3-7,13,20H,8-11H2,1-2H3/t13-/m0/s1. The number of benzene rings is 1. The molecule has 0 radical (unpaired) electrons. The third kappa shape index (κ3) is 3.41. The molecular formula is C16H21N3OS. The molecular weight excluding hydrogens is 282 g/mol. The van der Waals surface area contributed by atoms with E-state index in [9.17, 15) is 5.11 Å². The second kappa shape index (κ2) is 5.73. The highest BCUT2D eigenvalue weighted by atomic mass is 32.1. The molecule has 112 valence electrons. The molecule has 5 heteroatoms. The molecule has 1 aliphatic heterocycles. The van der Waals surface area contributed by atoms with Gasteiger partial charge in [0, 0.05) is 18.7 Å². The molecule has 1 fully saturated rings. The molecule has 1 atom stereocenters. The van der Waals surface area contributed by atoms with E-state index in [-0.39, 0.29) is 11.5 Å². The molecule has 1 aliphatic rings. The minimum atomic E-state index is -0.216. The van der Waals surface area contributed by atoms with Crippen molar-refractivity contribution in [1.82, 2.24) is 10.2 Å². The van der Waals surface area contributed by atoms with Gasteiger partial charge in [-0.2, -0.15) is 0 Å². The Balaban J connectivity index is 1.82. The lowest BCUT2D eigenvalue weighted by Gasteiger charge is -2.29. The van der Waals surface area contributed by atoms with Crippen LogP contribution in [-0.4, -0.2) is 34.5 Å². The highest BCUT2D eigenvalue weighted by molar-refractivity contribution is 7.18. The molecule has 2 heterocycles. The second-order valence-electron chi connectivity index (χ2n) is 6.49. The van der Waals surface area contributed by atoms with Gasteiger partial charge in [-0.25, -0.2) is 0 Å². The lowest BCUT2D eigenvalue weighted by Crippen LogP contribution is -2.32. The molecule has 21 heavy (non-hydrogen) atoms. The van der Waals surface area contributed by atoms with Crippen molar-refractivity contribution >= 4 is 16.5 Å². The van der Waals surface area contributed by atoms with Crippen LogP contribution in [0.4, 0.5) is 5.13 Å². The summed E-state index contributed by atoms with van der Waals surface area (Å²) in [5, 5.41) is 20.6. The third-order valence-electron chi connectivity index (χ3n) is 3.84. The Kier molecular flexibility index (Phi) is 3.95. The predicted molar refractivity (Wildman–Crippen MR) is 86.6 cm³/mol. The predicted octanol–water partition coefficient (Wildman–Crippen LogP) is 3.19. The molecule has 1 N–H and O–H groups in total. The Hall–Kier alpha value is -1.46. The molecule has 0 amide bonds. The zero-order valence-electron chi connectivity index (χ0n) is 12.5. The van der Waals surface area contributed by atoms with E-state index in [4.69, 9.17) is 0 Å². The molecule has 0 saturated carbocycles. The highest BCUT2D eigenvalue weighted by Crippen LogP contribution is 2.34. The van der Waals surface area contributed by atoms with Gasteiger partial charge in [-0.1, -0.05) is 55.5 Å². The lowest BCUT2D eigenvalue weighted by molar-refractivity contribution is 0.123. The van der Waals surface area contributed by atoms with Gasteiger partial charge in [0.15, 0.2) is 0 Å². The molecule has 4 nitrogen and oxygen atoms in total. The van der Waals surface area contributed by atoms with Crippen molar-refractivity contribution in [3.63, 3.8) is 0 Å². The van der Waals surface area contributed by atoms with Crippen molar-refractivity contribution in [1.29, 1.82) is 0 Å². The van der Waals surface area contributed by atoms with Crippen LogP contribution in [-0.2, 0) is 0 Å².